The molecular formula is C17H16Cl2N2O2S3. The van der Waals surface area contributed by atoms with Gasteiger partial charge in [0, 0.05) is 22.3 Å². The van der Waals surface area contributed by atoms with Gasteiger partial charge in [-0.3, -0.25) is 0 Å². The Bertz CT molecular complexity index is 973. The molecule has 9 heteroatoms. The first-order chi connectivity index (χ1) is 12.4. The fraction of sp³-hybridized carbons (Fsp3) is 0.235. The molecule has 1 aromatic heterocycles. The lowest BCUT2D eigenvalue weighted by Gasteiger charge is -2.08. The highest BCUT2D eigenvalue weighted by Gasteiger charge is 2.12. The maximum Gasteiger partial charge on any atom is 0.211 e. The minimum Gasteiger partial charge on any atom is -0.230 e. The zero-order valence-electron chi connectivity index (χ0n) is 13.6. The summed E-state index contributed by atoms with van der Waals surface area (Å²) < 4.78 is 28.9. The van der Waals surface area contributed by atoms with Gasteiger partial charge in [0.05, 0.1) is 16.0 Å². The number of halogens is 2. The van der Waals surface area contributed by atoms with Gasteiger partial charge in [-0.05, 0) is 36.2 Å². The summed E-state index contributed by atoms with van der Waals surface area (Å²) in [5.74, 6) is 0.762. The van der Waals surface area contributed by atoms with E-state index < -0.39 is 10.0 Å². The van der Waals surface area contributed by atoms with E-state index in [1.54, 1.807) is 41.3 Å². The van der Waals surface area contributed by atoms with E-state index >= 15 is 0 Å². The Balaban J connectivity index is 1.45. The van der Waals surface area contributed by atoms with E-state index in [1.165, 1.54) is 0 Å². The average molecular weight is 447 g/mol. The van der Waals surface area contributed by atoms with Crippen molar-refractivity contribution < 1.29 is 8.42 Å². The Morgan fingerprint density at radius 1 is 1.15 bits per heavy atom. The van der Waals surface area contributed by atoms with Crippen LogP contribution in [0.2, 0.25) is 10.0 Å². The maximum absolute atomic E-state index is 12.1. The molecule has 0 spiro atoms. The van der Waals surface area contributed by atoms with Gasteiger partial charge in [-0.25, -0.2) is 18.1 Å². The van der Waals surface area contributed by atoms with Crippen molar-refractivity contribution in [2.24, 2.45) is 0 Å². The highest BCUT2D eigenvalue weighted by atomic mass is 35.5. The molecule has 0 aliphatic heterocycles. The Morgan fingerprint density at radius 2 is 1.96 bits per heavy atom. The first-order valence-corrected chi connectivity index (χ1v) is 12.0. The molecule has 0 saturated carbocycles. The SMILES string of the molecule is O=S(=O)(CCCSc1nc2ccccc2s1)NCc1ccc(Cl)cc1Cl. The number of sulfonamides is 1. The van der Waals surface area contributed by atoms with Gasteiger partial charge < -0.3 is 0 Å². The molecule has 0 bridgehead atoms. The number of hydrogen-bond donors (Lipinski definition) is 1. The second-order valence-corrected chi connectivity index (χ2v) is 10.7. The molecule has 2 aromatic carbocycles. The van der Waals surface area contributed by atoms with Crippen molar-refractivity contribution in [2.45, 2.75) is 17.3 Å². The lowest BCUT2D eigenvalue weighted by Crippen LogP contribution is -2.26. The molecule has 1 heterocycles. The summed E-state index contributed by atoms with van der Waals surface area (Å²) in [6.07, 6.45) is 0.546. The molecule has 3 aromatic rings. The van der Waals surface area contributed by atoms with Crippen LogP contribution in [0.1, 0.15) is 12.0 Å². The monoisotopic (exact) mass is 446 g/mol. The molecular weight excluding hydrogens is 431 g/mol. The van der Waals surface area contributed by atoms with Gasteiger partial charge in [0.1, 0.15) is 0 Å². The van der Waals surface area contributed by atoms with Gasteiger partial charge in [0.15, 0.2) is 4.34 Å². The van der Waals surface area contributed by atoms with E-state index in [2.05, 4.69) is 9.71 Å². The minimum atomic E-state index is -3.36. The van der Waals surface area contributed by atoms with Crippen LogP contribution in [0.15, 0.2) is 46.8 Å². The van der Waals surface area contributed by atoms with Gasteiger partial charge >= 0.3 is 0 Å². The second-order valence-electron chi connectivity index (χ2n) is 5.53. The van der Waals surface area contributed by atoms with Crippen LogP contribution in [0.3, 0.4) is 0 Å². The largest absolute Gasteiger partial charge is 0.230 e. The highest BCUT2D eigenvalue weighted by molar-refractivity contribution is 8.01. The summed E-state index contributed by atoms with van der Waals surface area (Å²) in [6, 6.07) is 13.0. The van der Waals surface area contributed by atoms with Crippen LogP contribution in [-0.2, 0) is 16.6 Å². The maximum atomic E-state index is 12.1. The Kier molecular flexibility index (Phi) is 6.82. The third-order valence-corrected chi connectivity index (χ3v) is 7.82. The topological polar surface area (TPSA) is 59.1 Å². The molecule has 0 saturated heterocycles. The standard InChI is InChI=1S/C17H16Cl2N2O2S3/c18-13-7-6-12(14(19)10-13)11-20-26(22,23)9-3-8-24-17-21-15-4-1-2-5-16(15)25-17/h1-2,4-7,10,20H,3,8-9,11H2. The summed E-state index contributed by atoms with van der Waals surface area (Å²) in [7, 11) is -3.36. The number of thioether (sulfide) groups is 1. The van der Waals surface area contributed by atoms with Crippen LogP contribution < -0.4 is 4.72 Å². The smallest absolute Gasteiger partial charge is 0.211 e. The third-order valence-electron chi connectivity index (χ3n) is 3.55. The molecule has 0 radical (unpaired) electrons. The summed E-state index contributed by atoms with van der Waals surface area (Å²) in [4.78, 5) is 4.53. The van der Waals surface area contributed by atoms with Crippen molar-refractivity contribution in [3.8, 4) is 0 Å². The number of hydrogen-bond acceptors (Lipinski definition) is 5. The van der Waals surface area contributed by atoms with Crippen LogP contribution in [0.5, 0.6) is 0 Å². The molecule has 0 atom stereocenters. The molecule has 0 fully saturated rings. The number of nitrogens with zero attached hydrogens (tertiary/aromatic N) is 1. The fourth-order valence-electron chi connectivity index (χ4n) is 2.25. The summed E-state index contributed by atoms with van der Waals surface area (Å²) in [5, 5.41) is 0.972. The van der Waals surface area contributed by atoms with Gasteiger partial charge in [0.2, 0.25) is 10.0 Å². The first-order valence-electron chi connectivity index (χ1n) is 7.82. The fourth-order valence-corrected chi connectivity index (χ4v) is 6.03. The van der Waals surface area contributed by atoms with Gasteiger partial charge in [-0.2, -0.15) is 0 Å². The molecule has 0 aliphatic rings. The summed E-state index contributed by atoms with van der Waals surface area (Å²) in [5.41, 5.74) is 1.68. The van der Waals surface area contributed by atoms with E-state index in [4.69, 9.17) is 23.2 Å². The Hall–Kier alpha value is -0.830. The normalized spacial score (nSPS) is 11.9. The number of nitrogens with one attached hydrogen (secondary N) is 1. The lowest BCUT2D eigenvalue weighted by atomic mass is 10.2. The first kappa shape index (κ1) is 19.9. The second kappa shape index (κ2) is 8.91. The zero-order valence-corrected chi connectivity index (χ0v) is 17.6. The van der Waals surface area contributed by atoms with Crippen molar-refractivity contribution in [1.82, 2.24) is 9.71 Å². The number of rotatable bonds is 8. The minimum absolute atomic E-state index is 0.0656. The third kappa shape index (κ3) is 5.58. The van der Waals surface area contributed by atoms with Gasteiger partial charge in [0.25, 0.3) is 0 Å². The van der Waals surface area contributed by atoms with Crippen LogP contribution in [0, 0.1) is 0 Å². The van der Waals surface area contributed by atoms with Crippen LogP contribution >= 0.6 is 46.3 Å². The number of benzene rings is 2. The predicted molar refractivity (Wildman–Crippen MR) is 112 cm³/mol. The van der Waals surface area contributed by atoms with Crippen molar-refractivity contribution in [1.29, 1.82) is 0 Å². The molecule has 1 N–H and O–H groups in total. The molecule has 0 amide bonds. The van der Waals surface area contributed by atoms with Crippen LogP contribution in [0.4, 0.5) is 0 Å². The number of fused-ring (bicyclic) bond motifs is 1. The zero-order chi connectivity index (χ0) is 18.6. The number of para-hydroxylation sites is 1. The van der Waals surface area contributed by atoms with Crippen LogP contribution in [0.25, 0.3) is 10.2 Å². The van der Waals surface area contributed by atoms with E-state index in [-0.39, 0.29) is 12.3 Å². The molecule has 0 aliphatic carbocycles. The van der Waals surface area contributed by atoms with Crippen molar-refractivity contribution in [3.63, 3.8) is 0 Å². The Labute approximate surface area is 171 Å². The average Bonchev–Trinajstić information content (AvgIpc) is 3.01. The van der Waals surface area contributed by atoms with E-state index in [0.717, 1.165) is 14.6 Å². The molecule has 0 unspecified atom stereocenters. The quantitative estimate of drug-likeness (QED) is 0.381. The van der Waals surface area contributed by atoms with E-state index in [9.17, 15) is 8.42 Å². The summed E-state index contributed by atoms with van der Waals surface area (Å²) in [6.45, 7) is 0.156. The molecule has 138 valence electrons. The Morgan fingerprint density at radius 3 is 2.73 bits per heavy atom. The van der Waals surface area contributed by atoms with Crippen molar-refractivity contribution >= 4 is 66.5 Å². The van der Waals surface area contributed by atoms with Crippen LogP contribution in [-0.4, -0.2) is 24.9 Å². The number of thiazole rings is 1. The molecule has 26 heavy (non-hydrogen) atoms. The van der Waals surface area contributed by atoms with Gasteiger partial charge in [-0.1, -0.05) is 53.2 Å². The predicted octanol–water partition coefficient (Wildman–Crippen LogP) is 5.20. The summed E-state index contributed by atoms with van der Waals surface area (Å²) >= 11 is 15.1. The van der Waals surface area contributed by atoms with Crippen molar-refractivity contribution in [2.75, 3.05) is 11.5 Å². The van der Waals surface area contributed by atoms with Crippen molar-refractivity contribution in [3.05, 3.63) is 58.1 Å². The van der Waals surface area contributed by atoms with Gasteiger partial charge in [-0.15, -0.1) is 11.3 Å². The lowest BCUT2D eigenvalue weighted by molar-refractivity contribution is 0.580. The molecule has 4 nitrogen and oxygen atoms in total. The van der Waals surface area contributed by atoms with E-state index in [1.807, 2.05) is 24.3 Å². The van der Waals surface area contributed by atoms with E-state index in [0.29, 0.717) is 27.8 Å². The molecule has 3 rings (SSSR count). The highest BCUT2D eigenvalue weighted by Crippen LogP contribution is 2.29. The number of aromatic nitrogens is 1.